The normalized spacial score (nSPS) is 14.7. The van der Waals surface area contributed by atoms with E-state index >= 15 is 0 Å². The second kappa shape index (κ2) is 10.8. The Kier molecular flexibility index (Phi) is 7.57. The maximum Gasteiger partial charge on any atom is 0.414 e. The Hall–Kier alpha value is -3.56. The quantitative estimate of drug-likeness (QED) is 0.468. The molecule has 35 heavy (non-hydrogen) atoms. The highest BCUT2D eigenvalue weighted by Gasteiger charge is 2.26. The zero-order chi connectivity index (χ0) is 24.9. The molecule has 0 radical (unpaired) electrons. The number of likely N-dealkylation sites (N-methyl/N-ethyl adjacent to an activating group) is 1. The summed E-state index contributed by atoms with van der Waals surface area (Å²) in [6, 6.07) is 10.9. The molecular formula is C26H32N4O5. The van der Waals surface area contributed by atoms with E-state index in [9.17, 15) is 15.0 Å². The minimum absolute atomic E-state index is 0.00173. The van der Waals surface area contributed by atoms with Crippen LogP contribution in [-0.2, 0) is 13.0 Å². The van der Waals surface area contributed by atoms with Crippen molar-refractivity contribution in [3.05, 3.63) is 47.5 Å². The van der Waals surface area contributed by atoms with Gasteiger partial charge in [0.1, 0.15) is 11.5 Å². The predicted molar refractivity (Wildman–Crippen MR) is 133 cm³/mol. The zero-order valence-corrected chi connectivity index (χ0v) is 20.4. The van der Waals surface area contributed by atoms with E-state index in [1.807, 2.05) is 31.2 Å². The van der Waals surface area contributed by atoms with Gasteiger partial charge in [-0.1, -0.05) is 31.2 Å². The van der Waals surface area contributed by atoms with Crippen molar-refractivity contribution >= 4 is 6.09 Å². The van der Waals surface area contributed by atoms with Crippen LogP contribution in [0.4, 0.5) is 4.79 Å². The number of benzene rings is 2. The number of carbonyl (C=O) groups excluding carboxylic acids is 1. The van der Waals surface area contributed by atoms with E-state index in [0.717, 1.165) is 38.3 Å². The number of phenols is 2. The largest absolute Gasteiger partial charge is 0.508 e. The zero-order valence-electron chi connectivity index (χ0n) is 20.4. The lowest BCUT2D eigenvalue weighted by atomic mass is 9.98. The Balaban J connectivity index is 1.69. The minimum atomic E-state index is -0.649. The van der Waals surface area contributed by atoms with Crippen molar-refractivity contribution in [1.82, 2.24) is 20.3 Å². The van der Waals surface area contributed by atoms with Crippen LogP contribution in [0.15, 0.2) is 40.9 Å². The first kappa shape index (κ1) is 24.6. The fraction of sp³-hybridized carbons (Fsp3) is 0.385. The van der Waals surface area contributed by atoms with Crippen molar-refractivity contribution < 1.29 is 24.3 Å². The van der Waals surface area contributed by atoms with E-state index in [4.69, 9.17) is 9.26 Å². The van der Waals surface area contributed by atoms with E-state index in [0.29, 0.717) is 29.7 Å². The first-order valence-corrected chi connectivity index (χ1v) is 11.9. The van der Waals surface area contributed by atoms with Crippen molar-refractivity contribution in [2.24, 2.45) is 0 Å². The molecule has 1 fully saturated rings. The highest BCUT2D eigenvalue weighted by atomic mass is 16.6. The number of nitrogens with zero attached hydrogens (tertiary/aromatic N) is 3. The predicted octanol–water partition coefficient (Wildman–Crippen LogP) is 3.84. The molecule has 0 spiro atoms. The maximum absolute atomic E-state index is 12.1. The third-order valence-electron chi connectivity index (χ3n) is 6.24. The molecule has 9 nitrogen and oxygen atoms in total. The molecule has 0 atom stereocenters. The van der Waals surface area contributed by atoms with Gasteiger partial charge in [-0.2, -0.15) is 0 Å². The van der Waals surface area contributed by atoms with Crippen molar-refractivity contribution in [2.45, 2.75) is 26.8 Å². The van der Waals surface area contributed by atoms with E-state index in [2.05, 4.69) is 27.3 Å². The molecule has 0 unspecified atom stereocenters. The summed E-state index contributed by atoms with van der Waals surface area (Å²) in [6.07, 6.45) is -0.0873. The summed E-state index contributed by atoms with van der Waals surface area (Å²) in [7, 11) is 2.14. The van der Waals surface area contributed by atoms with Crippen LogP contribution in [0.1, 0.15) is 25.0 Å². The average Bonchev–Trinajstić information content (AvgIpc) is 3.24. The number of aryl methyl sites for hydroxylation is 1. The van der Waals surface area contributed by atoms with Crippen LogP contribution in [0, 0.1) is 0 Å². The SMILES string of the molecule is CCNC(=O)Oc1noc(-c2cc(CC)c(O)cc2O)c1-c1ccc(CN2CCN(C)CC2)cc1. The minimum Gasteiger partial charge on any atom is -0.508 e. The monoisotopic (exact) mass is 480 g/mol. The summed E-state index contributed by atoms with van der Waals surface area (Å²) < 4.78 is 11.0. The first-order chi connectivity index (χ1) is 16.9. The number of rotatable bonds is 7. The fourth-order valence-corrected chi connectivity index (χ4v) is 4.18. The molecule has 3 N–H and O–H groups in total. The van der Waals surface area contributed by atoms with Crippen molar-refractivity contribution in [3.63, 3.8) is 0 Å². The van der Waals surface area contributed by atoms with E-state index in [-0.39, 0.29) is 23.1 Å². The number of carbonyl (C=O) groups is 1. The lowest BCUT2D eigenvalue weighted by Crippen LogP contribution is -2.43. The second-order valence-corrected chi connectivity index (χ2v) is 8.74. The van der Waals surface area contributed by atoms with Gasteiger partial charge in [-0.25, -0.2) is 4.79 Å². The summed E-state index contributed by atoms with van der Waals surface area (Å²) in [6.45, 7) is 9.11. The molecule has 3 aromatic rings. The highest BCUT2D eigenvalue weighted by molar-refractivity contribution is 5.87. The Bertz CT molecular complexity index is 1170. The molecule has 1 aliphatic heterocycles. The molecular weight excluding hydrogens is 448 g/mol. The van der Waals surface area contributed by atoms with Crippen molar-refractivity contribution in [3.8, 4) is 39.8 Å². The molecule has 1 aromatic heterocycles. The molecule has 186 valence electrons. The van der Waals surface area contributed by atoms with Crippen LogP contribution < -0.4 is 10.1 Å². The molecule has 1 amide bonds. The van der Waals surface area contributed by atoms with Crippen LogP contribution in [-0.4, -0.2) is 71.0 Å². The number of hydrogen-bond acceptors (Lipinski definition) is 8. The molecule has 4 rings (SSSR count). The summed E-state index contributed by atoms with van der Waals surface area (Å²) in [4.78, 5) is 16.9. The van der Waals surface area contributed by atoms with Gasteiger partial charge in [0, 0.05) is 45.3 Å². The van der Waals surface area contributed by atoms with Crippen LogP contribution >= 0.6 is 0 Å². The molecule has 0 aliphatic carbocycles. The van der Waals surface area contributed by atoms with Gasteiger partial charge in [0.15, 0.2) is 5.76 Å². The number of nitrogens with one attached hydrogen (secondary N) is 1. The summed E-state index contributed by atoms with van der Waals surface area (Å²) in [5.74, 6) is 0.0989. The van der Waals surface area contributed by atoms with Gasteiger partial charge >= 0.3 is 6.09 Å². The van der Waals surface area contributed by atoms with E-state index < -0.39 is 6.09 Å². The van der Waals surface area contributed by atoms with Gasteiger partial charge in [-0.15, -0.1) is 0 Å². The number of piperazine rings is 1. The number of hydrogen-bond donors (Lipinski definition) is 3. The molecule has 9 heteroatoms. The smallest absolute Gasteiger partial charge is 0.414 e. The average molecular weight is 481 g/mol. The maximum atomic E-state index is 12.1. The number of ether oxygens (including phenoxy) is 1. The highest BCUT2D eigenvalue weighted by Crippen LogP contribution is 2.44. The van der Waals surface area contributed by atoms with Gasteiger partial charge in [0.05, 0.1) is 11.1 Å². The lowest BCUT2D eigenvalue weighted by Gasteiger charge is -2.32. The molecule has 0 bridgehead atoms. The van der Waals surface area contributed by atoms with Crippen LogP contribution in [0.25, 0.3) is 22.5 Å². The molecule has 2 heterocycles. The number of aromatic nitrogens is 1. The van der Waals surface area contributed by atoms with Gasteiger partial charge in [0.25, 0.3) is 5.88 Å². The molecule has 1 aliphatic rings. The number of amides is 1. The van der Waals surface area contributed by atoms with Crippen molar-refractivity contribution in [1.29, 1.82) is 0 Å². The topological polar surface area (TPSA) is 111 Å². The Morgan fingerprint density at radius 1 is 1.09 bits per heavy atom. The van der Waals surface area contributed by atoms with Gasteiger partial charge in [0.2, 0.25) is 0 Å². The van der Waals surface area contributed by atoms with Crippen LogP contribution in [0.5, 0.6) is 17.4 Å². The third kappa shape index (κ3) is 5.58. The first-order valence-electron chi connectivity index (χ1n) is 11.9. The Labute approximate surface area is 204 Å². The van der Waals surface area contributed by atoms with E-state index in [1.165, 1.54) is 11.6 Å². The Morgan fingerprint density at radius 3 is 2.46 bits per heavy atom. The molecule has 2 aromatic carbocycles. The summed E-state index contributed by atoms with van der Waals surface area (Å²) in [5, 5.41) is 27.3. The third-order valence-corrected chi connectivity index (χ3v) is 6.24. The van der Waals surface area contributed by atoms with Gasteiger partial charge in [-0.05, 0) is 48.3 Å². The van der Waals surface area contributed by atoms with Crippen LogP contribution in [0.3, 0.4) is 0 Å². The lowest BCUT2D eigenvalue weighted by molar-refractivity contribution is 0.148. The van der Waals surface area contributed by atoms with Crippen LogP contribution in [0.2, 0.25) is 0 Å². The van der Waals surface area contributed by atoms with E-state index in [1.54, 1.807) is 13.0 Å². The summed E-state index contributed by atoms with van der Waals surface area (Å²) in [5.41, 5.74) is 3.35. The van der Waals surface area contributed by atoms with Gasteiger partial charge < -0.3 is 29.7 Å². The van der Waals surface area contributed by atoms with Crippen molar-refractivity contribution in [2.75, 3.05) is 39.8 Å². The standard InChI is InChI=1S/C26H32N4O5/c1-4-18-14-20(22(32)15-21(18)31)24-23(25(28-35-24)34-26(33)27-5-2)19-8-6-17(7-9-19)16-30-12-10-29(3)11-13-30/h6-9,14-15,31-32H,4-5,10-13,16H2,1-3H3,(H,27,33). The molecule has 1 saturated heterocycles. The second-order valence-electron chi connectivity index (χ2n) is 8.74. The number of phenolic OH excluding ortho intramolecular Hbond substituents is 2. The van der Waals surface area contributed by atoms with Gasteiger partial charge in [-0.3, -0.25) is 4.90 Å². The molecule has 0 saturated carbocycles. The number of aromatic hydroxyl groups is 2. The fourth-order valence-electron chi connectivity index (χ4n) is 4.18. The summed E-state index contributed by atoms with van der Waals surface area (Å²) >= 11 is 0. The Morgan fingerprint density at radius 2 is 1.80 bits per heavy atom.